The van der Waals surface area contributed by atoms with Gasteiger partial charge in [-0.2, -0.15) is 0 Å². The molecule has 1 aromatic carbocycles. The number of carbonyl (C=O) groups excluding carboxylic acids is 2. The highest BCUT2D eigenvalue weighted by Gasteiger charge is 2.35. The molecule has 0 saturated carbocycles. The molecule has 1 aromatic rings. The van der Waals surface area contributed by atoms with Gasteiger partial charge in [-0.05, 0) is 24.1 Å². The fourth-order valence-electron chi connectivity index (χ4n) is 2.76. The summed E-state index contributed by atoms with van der Waals surface area (Å²) in [6, 6.07) is 5.46. The lowest BCUT2D eigenvalue weighted by Gasteiger charge is -2.39. The smallest absolute Gasteiger partial charge is 0.318 e. The molecule has 1 aliphatic heterocycles. The van der Waals surface area contributed by atoms with Crippen molar-refractivity contribution in [3.63, 3.8) is 0 Å². The van der Waals surface area contributed by atoms with E-state index < -0.39 is 6.04 Å². The Morgan fingerprint density at radius 1 is 1.39 bits per heavy atom. The normalized spacial score (nSPS) is 18.2. The molecular formula is C17H24FN3O2. The molecule has 1 aliphatic rings. The molecular weight excluding hydrogens is 297 g/mol. The van der Waals surface area contributed by atoms with Gasteiger partial charge in [0.05, 0.1) is 0 Å². The number of hydrogen-bond donors (Lipinski definition) is 1. The van der Waals surface area contributed by atoms with Gasteiger partial charge in [0.15, 0.2) is 0 Å². The molecule has 6 heteroatoms. The quantitative estimate of drug-likeness (QED) is 0.905. The molecule has 3 amide bonds. The number of piperazine rings is 1. The molecule has 0 spiro atoms. The molecule has 1 N–H and O–H groups in total. The number of rotatable bonds is 5. The molecule has 1 saturated heterocycles. The molecule has 0 radical (unpaired) electrons. The maximum absolute atomic E-state index is 13.2. The molecule has 126 valence electrons. The fraction of sp³-hybridized carbons (Fsp3) is 0.529. The summed E-state index contributed by atoms with van der Waals surface area (Å²) in [7, 11) is 1.77. The molecule has 0 unspecified atom stereocenters. The summed E-state index contributed by atoms with van der Waals surface area (Å²) in [5.74, 6) is -0.335. The van der Waals surface area contributed by atoms with Crippen LogP contribution in [0.1, 0.15) is 31.7 Å². The molecule has 2 rings (SSSR count). The maximum atomic E-state index is 13.2. The number of nitrogens with zero attached hydrogens (tertiary/aromatic N) is 2. The van der Waals surface area contributed by atoms with Crippen LogP contribution in [0.2, 0.25) is 0 Å². The maximum Gasteiger partial charge on any atom is 0.318 e. The van der Waals surface area contributed by atoms with Crippen LogP contribution >= 0.6 is 0 Å². The average Bonchev–Trinajstić information content (AvgIpc) is 2.54. The number of hydrogen-bond acceptors (Lipinski definition) is 2. The Bertz CT molecular complexity index is 565. The van der Waals surface area contributed by atoms with E-state index in [2.05, 4.69) is 12.2 Å². The van der Waals surface area contributed by atoms with Gasteiger partial charge in [0, 0.05) is 26.7 Å². The highest BCUT2D eigenvalue weighted by Crippen LogP contribution is 2.16. The van der Waals surface area contributed by atoms with Crippen LogP contribution in [0, 0.1) is 5.82 Å². The summed E-state index contributed by atoms with van der Waals surface area (Å²) in [6.45, 7) is 3.36. The van der Waals surface area contributed by atoms with E-state index in [1.807, 2.05) is 0 Å². The van der Waals surface area contributed by atoms with Crippen LogP contribution in [-0.4, -0.2) is 47.9 Å². The predicted octanol–water partition coefficient (Wildman–Crippen LogP) is 2.37. The third-order valence-electron chi connectivity index (χ3n) is 4.14. The van der Waals surface area contributed by atoms with Crippen molar-refractivity contribution in [1.82, 2.24) is 15.1 Å². The van der Waals surface area contributed by atoms with Gasteiger partial charge in [-0.1, -0.05) is 31.9 Å². The summed E-state index contributed by atoms with van der Waals surface area (Å²) < 4.78 is 13.2. The lowest BCUT2D eigenvalue weighted by atomic mass is 10.0. The minimum Gasteiger partial charge on any atom is -0.342 e. The minimum absolute atomic E-state index is 0.00870. The average molecular weight is 321 g/mol. The molecule has 0 aliphatic carbocycles. The van der Waals surface area contributed by atoms with Crippen LogP contribution in [0.15, 0.2) is 24.3 Å². The van der Waals surface area contributed by atoms with Crippen molar-refractivity contribution in [2.75, 3.05) is 20.1 Å². The van der Waals surface area contributed by atoms with Gasteiger partial charge in [0.2, 0.25) is 5.91 Å². The van der Waals surface area contributed by atoms with Crippen molar-refractivity contribution in [2.45, 2.75) is 38.8 Å². The second-order valence-electron chi connectivity index (χ2n) is 5.90. The summed E-state index contributed by atoms with van der Waals surface area (Å²) in [6.07, 6.45) is 2.55. The minimum atomic E-state index is -0.402. The number of amides is 3. The largest absolute Gasteiger partial charge is 0.342 e. The van der Waals surface area contributed by atoms with Crippen molar-refractivity contribution in [3.05, 3.63) is 35.6 Å². The molecule has 1 atom stereocenters. The zero-order valence-corrected chi connectivity index (χ0v) is 13.7. The lowest BCUT2D eigenvalue weighted by molar-refractivity contribution is -0.138. The Morgan fingerprint density at radius 3 is 2.87 bits per heavy atom. The summed E-state index contributed by atoms with van der Waals surface area (Å²) in [5.41, 5.74) is 0.698. The Balaban J connectivity index is 1.99. The third-order valence-corrected chi connectivity index (χ3v) is 4.14. The van der Waals surface area contributed by atoms with Gasteiger partial charge < -0.3 is 15.1 Å². The van der Waals surface area contributed by atoms with E-state index in [0.717, 1.165) is 12.8 Å². The van der Waals surface area contributed by atoms with Crippen molar-refractivity contribution in [3.8, 4) is 0 Å². The van der Waals surface area contributed by atoms with E-state index in [1.165, 1.54) is 12.1 Å². The first-order valence-electron chi connectivity index (χ1n) is 8.06. The van der Waals surface area contributed by atoms with E-state index in [4.69, 9.17) is 0 Å². The third kappa shape index (κ3) is 4.43. The highest BCUT2D eigenvalue weighted by atomic mass is 19.1. The van der Waals surface area contributed by atoms with Gasteiger partial charge in [-0.3, -0.25) is 4.79 Å². The first-order valence-corrected chi connectivity index (χ1v) is 8.06. The van der Waals surface area contributed by atoms with Gasteiger partial charge >= 0.3 is 6.03 Å². The first kappa shape index (κ1) is 17.2. The van der Waals surface area contributed by atoms with Gasteiger partial charge in [0.25, 0.3) is 0 Å². The van der Waals surface area contributed by atoms with Crippen molar-refractivity contribution >= 4 is 11.9 Å². The first-order chi connectivity index (χ1) is 11.0. The Hall–Kier alpha value is -2.11. The molecule has 5 nitrogen and oxygen atoms in total. The zero-order chi connectivity index (χ0) is 16.8. The molecule has 0 bridgehead atoms. The molecule has 23 heavy (non-hydrogen) atoms. The number of carbonyl (C=O) groups is 2. The molecule has 0 aromatic heterocycles. The number of urea groups is 1. The van der Waals surface area contributed by atoms with Crippen LogP contribution in [0.5, 0.6) is 0 Å². The van der Waals surface area contributed by atoms with Gasteiger partial charge in [0.1, 0.15) is 11.9 Å². The van der Waals surface area contributed by atoms with Crippen LogP contribution in [0.4, 0.5) is 9.18 Å². The van der Waals surface area contributed by atoms with Crippen molar-refractivity contribution in [2.24, 2.45) is 0 Å². The van der Waals surface area contributed by atoms with Crippen LogP contribution < -0.4 is 5.32 Å². The lowest BCUT2D eigenvalue weighted by Crippen LogP contribution is -2.59. The van der Waals surface area contributed by atoms with Crippen LogP contribution in [0.25, 0.3) is 0 Å². The highest BCUT2D eigenvalue weighted by molar-refractivity contribution is 5.88. The second-order valence-corrected chi connectivity index (χ2v) is 5.90. The second kappa shape index (κ2) is 7.94. The molecule has 1 fully saturated rings. The van der Waals surface area contributed by atoms with E-state index in [1.54, 1.807) is 29.0 Å². The van der Waals surface area contributed by atoms with E-state index >= 15 is 0 Å². The topological polar surface area (TPSA) is 52.7 Å². The van der Waals surface area contributed by atoms with E-state index in [-0.39, 0.29) is 24.3 Å². The number of unbranched alkanes of at least 4 members (excludes halogenated alkanes) is 1. The number of likely N-dealkylation sites (N-methyl/N-ethyl adjacent to an activating group) is 1. The van der Waals surface area contributed by atoms with Crippen molar-refractivity contribution < 1.29 is 14.0 Å². The molecule has 1 heterocycles. The number of benzene rings is 1. The standard InChI is InChI=1S/C17H24FN3O2/c1-3-4-8-15-16(22)20(2)9-10-21(15)17(23)19-12-13-6-5-7-14(18)11-13/h5-7,11,15H,3-4,8-10,12H2,1-2H3,(H,19,23)/t15-/m0/s1. The zero-order valence-electron chi connectivity index (χ0n) is 13.7. The van der Waals surface area contributed by atoms with Crippen molar-refractivity contribution in [1.29, 1.82) is 0 Å². The number of nitrogens with one attached hydrogen (secondary N) is 1. The van der Waals surface area contributed by atoms with E-state index in [0.29, 0.717) is 25.1 Å². The fourth-order valence-corrected chi connectivity index (χ4v) is 2.76. The summed E-state index contributed by atoms with van der Waals surface area (Å²) >= 11 is 0. The van der Waals surface area contributed by atoms with Gasteiger partial charge in [-0.25, -0.2) is 9.18 Å². The Labute approximate surface area is 136 Å². The van der Waals surface area contributed by atoms with Gasteiger partial charge in [-0.15, -0.1) is 0 Å². The summed E-state index contributed by atoms with van der Waals surface area (Å²) in [4.78, 5) is 28.0. The van der Waals surface area contributed by atoms with E-state index in [9.17, 15) is 14.0 Å². The van der Waals surface area contributed by atoms with Crippen LogP contribution in [-0.2, 0) is 11.3 Å². The Kier molecular flexibility index (Phi) is 5.96. The van der Waals surface area contributed by atoms with Crippen LogP contribution in [0.3, 0.4) is 0 Å². The SMILES string of the molecule is CCCC[C@H]1C(=O)N(C)CCN1C(=O)NCc1cccc(F)c1. The summed E-state index contributed by atoms with van der Waals surface area (Å²) in [5, 5.41) is 2.79. The Morgan fingerprint density at radius 2 is 2.17 bits per heavy atom. The predicted molar refractivity (Wildman–Crippen MR) is 86.3 cm³/mol. The monoisotopic (exact) mass is 321 g/mol. The number of halogens is 1.